The molecule has 2 atom stereocenters. The van der Waals surface area contributed by atoms with E-state index in [4.69, 9.17) is 0 Å². The van der Waals surface area contributed by atoms with Crippen molar-refractivity contribution < 1.29 is 19.5 Å². The van der Waals surface area contributed by atoms with Gasteiger partial charge in [0, 0.05) is 40.3 Å². The zero-order valence-corrected chi connectivity index (χ0v) is 12.6. The Morgan fingerprint density at radius 1 is 0.952 bits per heavy atom. The second kappa shape index (κ2) is 6.32. The molecule has 0 bridgehead atoms. The van der Waals surface area contributed by atoms with Gasteiger partial charge in [-0.15, -0.1) is 0 Å². The Hall–Kier alpha value is -1.79. The number of carboxylic acids is 1. The Balaban J connectivity index is 1.91. The SMILES string of the molecule is CN(C)C(=O)N1CCN(C(=O)C2CCCC2C(=O)O)CC1. The molecule has 1 N–H and O–H groups in total. The van der Waals surface area contributed by atoms with Crippen LogP contribution in [0.1, 0.15) is 19.3 Å². The van der Waals surface area contributed by atoms with Gasteiger partial charge in [0.15, 0.2) is 0 Å². The molecule has 2 fully saturated rings. The van der Waals surface area contributed by atoms with Crippen LogP contribution in [0.2, 0.25) is 0 Å². The zero-order valence-electron chi connectivity index (χ0n) is 12.6. The highest BCUT2D eigenvalue weighted by molar-refractivity contribution is 5.85. The maximum atomic E-state index is 12.5. The van der Waals surface area contributed by atoms with Gasteiger partial charge in [0.05, 0.1) is 11.8 Å². The Kier molecular flexibility index (Phi) is 4.69. The lowest BCUT2D eigenvalue weighted by Gasteiger charge is -2.37. The molecule has 0 aromatic heterocycles. The fraction of sp³-hybridized carbons (Fsp3) is 0.786. The molecule has 0 aromatic carbocycles. The van der Waals surface area contributed by atoms with E-state index in [1.807, 2.05) is 0 Å². The summed E-state index contributed by atoms with van der Waals surface area (Å²) in [5, 5.41) is 9.18. The number of aliphatic carboxylic acids is 1. The molecule has 3 amide bonds. The first kappa shape index (κ1) is 15.6. The average Bonchev–Trinajstić information content (AvgIpc) is 2.95. The van der Waals surface area contributed by atoms with Crippen molar-refractivity contribution in [3.05, 3.63) is 0 Å². The number of carboxylic acid groups (broad SMARTS) is 1. The van der Waals surface area contributed by atoms with E-state index < -0.39 is 17.8 Å². The lowest BCUT2D eigenvalue weighted by molar-refractivity contribution is -0.149. The molecule has 118 valence electrons. The Labute approximate surface area is 124 Å². The number of piperazine rings is 1. The summed E-state index contributed by atoms with van der Waals surface area (Å²) >= 11 is 0. The quantitative estimate of drug-likeness (QED) is 0.795. The maximum Gasteiger partial charge on any atom is 0.319 e. The van der Waals surface area contributed by atoms with E-state index in [0.29, 0.717) is 39.0 Å². The van der Waals surface area contributed by atoms with E-state index in [9.17, 15) is 19.5 Å². The van der Waals surface area contributed by atoms with Gasteiger partial charge >= 0.3 is 12.0 Å². The summed E-state index contributed by atoms with van der Waals surface area (Å²) < 4.78 is 0. The van der Waals surface area contributed by atoms with Gasteiger partial charge in [-0.05, 0) is 12.8 Å². The number of carbonyl (C=O) groups is 3. The maximum absolute atomic E-state index is 12.5. The third-order valence-corrected chi connectivity index (χ3v) is 4.39. The standard InChI is InChI=1S/C14H23N3O4/c1-15(2)14(21)17-8-6-16(7-9-17)12(18)10-4-3-5-11(10)13(19)20/h10-11H,3-9H2,1-2H3,(H,19,20). The largest absolute Gasteiger partial charge is 0.481 e. The molecule has 1 heterocycles. The van der Waals surface area contributed by atoms with Crippen LogP contribution in [0.25, 0.3) is 0 Å². The van der Waals surface area contributed by atoms with E-state index >= 15 is 0 Å². The molecule has 2 rings (SSSR count). The normalized spacial score (nSPS) is 25.8. The predicted octanol–water partition coefficient (Wildman–Crippen LogP) is 0.313. The number of nitrogens with zero attached hydrogens (tertiary/aromatic N) is 3. The molecule has 1 aliphatic heterocycles. The Morgan fingerprint density at radius 3 is 2.00 bits per heavy atom. The van der Waals surface area contributed by atoms with Gasteiger partial charge in [-0.3, -0.25) is 9.59 Å². The first-order valence-corrected chi connectivity index (χ1v) is 7.39. The van der Waals surface area contributed by atoms with Crippen LogP contribution in [-0.2, 0) is 9.59 Å². The molecule has 2 aliphatic rings. The van der Waals surface area contributed by atoms with Gasteiger partial charge in [-0.1, -0.05) is 6.42 Å². The molecule has 2 unspecified atom stereocenters. The van der Waals surface area contributed by atoms with Crippen molar-refractivity contribution in [3.63, 3.8) is 0 Å². The van der Waals surface area contributed by atoms with Gasteiger partial charge in [0.2, 0.25) is 5.91 Å². The number of urea groups is 1. The number of hydrogen-bond donors (Lipinski definition) is 1. The summed E-state index contributed by atoms with van der Waals surface area (Å²) in [6, 6.07) is -0.0497. The van der Waals surface area contributed by atoms with Crippen molar-refractivity contribution in [2.24, 2.45) is 11.8 Å². The van der Waals surface area contributed by atoms with E-state index in [2.05, 4.69) is 0 Å². The smallest absolute Gasteiger partial charge is 0.319 e. The summed E-state index contributed by atoms with van der Waals surface area (Å²) in [5.74, 6) is -1.86. The fourth-order valence-corrected chi connectivity index (χ4v) is 3.19. The molecule has 1 saturated carbocycles. The van der Waals surface area contributed by atoms with Gasteiger partial charge in [-0.2, -0.15) is 0 Å². The van der Waals surface area contributed by atoms with Crippen molar-refractivity contribution in [1.29, 1.82) is 0 Å². The van der Waals surface area contributed by atoms with Crippen LogP contribution in [0.4, 0.5) is 4.79 Å². The average molecular weight is 297 g/mol. The van der Waals surface area contributed by atoms with Crippen molar-refractivity contribution in [1.82, 2.24) is 14.7 Å². The number of carbonyl (C=O) groups excluding carboxylic acids is 2. The van der Waals surface area contributed by atoms with Gasteiger partial charge in [-0.25, -0.2) is 4.79 Å². The van der Waals surface area contributed by atoms with Gasteiger partial charge in [0.1, 0.15) is 0 Å². The lowest BCUT2D eigenvalue weighted by atomic mass is 9.94. The zero-order chi connectivity index (χ0) is 15.6. The summed E-state index contributed by atoms with van der Waals surface area (Å²) in [5.41, 5.74) is 0. The lowest BCUT2D eigenvalue weighted by Crippen LogP contribution is -2.54. The topological polar surface area (TPSA) is 81.2 Å². The van der Waals surface area contributed by atoms with E-state index in [0.717, 1.165) is 6.42 Å². The van der Waals surface area contributed by atoms with Crippen molar-refractivity contribution >= 4 is 17.9 Å². The summed E-state index contributed by atoms with van der Waals surface area (Å²) in [6.45, 7) is 1.99. The van der Waals surface area contributed by atoms with Crippen molar-refractivity contribution in [2.75, 3.05) is 40.3 Å². The molecule has 0 aromatic rings. The molecule has 0 radical (unpaired) electrons. The minimum absolute atomic E-state index is 0.0497. The second-order valence-corrected chi connectivity index (χ2v) is 5.97. The van der Waals surface area contributed by atoms with Gasteiger partial charge in [0.25, 0.3) is 0 Å². The molecular formula is C14H23N3O4. The number of amides is 3. The Morgan fingerprint density at radius 2 is 1.48 bits per heavy atom. The molecule has 21 heavy (non-hydrogen) atoms. The predicted molar refractivity (Wildman–Crippen MR) is 75.7 cm³/mol. The minimum atomic E-state index is -0.868. The van der Waals surface area contributed by atoms with Crippen LogP contribution >= 0.6 is 0 Å². The third kappa shape index (κ3) is 3.28. The fourth-order valence-electron chi connectivity index (χ4n) is 3.19. The number of hydrogen-bond acceptors (Lipinski definition) is 3. The van der Waals surface area contributed by atoms with Crippen molar-refractivity contribution in [2.45, 2.75) is 19.3 Å². The van der Waals surface area contributed by atoms with Gasteiger partial charge < -0.3 is 19.8 Å². The van der Waals surface area contributed by atoms with E-state index in [-0.39, 0.29) is 11.9 Å². The van der Waals surface area contributed by atoms with Crippen LogP contribution in [0, 0.1) is 11.8 Å². The van der Waals surface area contributed by atoms with Crippen LogP contribution in [0.15, 0.2) is 0 Å². The minimum Gasteiger partial charge on any atom is -0.481 e. The highest BCUT2D eigenvalue weighted by Crippen LogP contribution is 2.33. The van der Waals surface area contributed by atoms with Crippen LogP contribution < -0.4 is 0 Å². The first-order chi connectivity index (χ1) is 9.91. The molecular weight excluding hydrogens is 274 g/mol. The molecule has 1 aliphatic carbocycles. The van der Waals surface area contributed by atoms with E-state index in [1.54, 1.807) is 23.9 Å². The third-order valence-electron chi connectivity index (χ3n) is 4.39. The molecule has 0 spiro atoms. The first-order valence-electron chi connectivity index (χ1n) is 7.39. The summed E-state index contributed by atoms with van der Waals surface area (Å²) in [4.78, 5) is 40.5. The van der Waals surface area contributed by atoms with Crippen LogP contribution in [-0.4, -0.2) is 78.0 Å². The Bertz CT molecular complexity index is 430. The van der Waals surface area contributed by atoms with E-state index in [1.165, 1.54) is 4.90 Å². The van der Waals surface area contributed by atoms with Crippen molar-refractivity contribution in [3.8, 4) is 0 Å². The monoisotopic (exact) mass is 297 g/mol. The molecule has 7 nitrogen and oxygen atoms in total. The second-order valence-electron chi connectivity index (χ2n) is 5.97. The molecule has 7 heteroatoms. The van der Waals surface area contributed by atoms with Crippen LogP contribution in [0.5, 0.6) is 0 Å². The highest BCUT2D eigenvalue weighted by Gasteiger charge is 2.40. The van der Waals surface area contributed by atoms with Crippen LogP contribution in [0.3, 0.4) is 0 Å². The summed E-state index contributed by atoms with van der Waals surface area (Å²) in [7, 11) is 3.41. The summed E-state index contributed by atoms with van der Waals surface area (Å²) in [6.07, 6.45) is 2.05. The highest BCUT2D eigenvalue weighted by atomic mass is 16.4. The molecule has 1 saturated heterocycles. The number of rotatable bonds is 2.